The number of hydrogen-bond acceptors (Lipinski definition) is 4. The van der Waals surface area contributed by atoms with Crippen LogP contribution in [0.15, 0.2) is 46.0 Å². The minimum atomic E-state index is -0.222. The van der Waals surface area contributed by atoms with Crippen LogP contribution >= 0.6 is 15.9 Å². The summed E-state index contributed by atoms with van der Waals surface area (Å²) in [5.41, 5.74) is 2.52. The number of carbonyl (C=O) groups excluding carboxylic acids is 1. The quantitative estimate of drug-likeness (QED) is 0.802. The van der Waals surface area contributed by atoms with Crippen LogP contribution in [-0.4, -0.2) is 42.6 Å². The van der Waals surface area contributed by atoms with Gasteiger partial charge in [-0.15, -0.1) is 0 Å². The maximum absolute atomic E-state index is 12.9. The van der Waals surface area contributed by atoms with Gasteiger partial charge in [-0.2, -0.15) is 5.10 Å². The van der Waals surface area contributed by atoms with Crippen molar-refractivity contribution in [3.63, 3.8) is 0 Å². The lowest BCUT2D eigenvalue weighted by atomic mass is 10.0. The van der Waals surface area contributed by atoms with Crippen LogP contribution in [0.5, 0.6) is 11.5 Å². The average Bonchev–Trinajstić information content (AvgIpc) is 2.78. The average molecular weight is 418 g/mol. The van der Waals surface area contributed by atoms with Gasteiger partial charge in [-0.3, -0.25) is 4.90 Å². The molecule has 1 aliphatic heterocycles. The van der Waals surface area contributed by atoms with Gasteiger partial charge in [-0.05, 0) is 55.3 Å². The number of phenolic OH excluding ortho intramolecular Hbond substituents is 1. The largest absolute Gasteiger partial charge is 0.504 e. The van der Waals surface area contributed by atoms with Gasteiger partial charge in [0.05, 0.1) is 19.4 Å². The monoisotopic (exact) mass is 417 g/mol. The second kappa shape index (κ2) is 7.37. The number of methoxy groups -OCH3 is 1. The van der Waals surface area contributed by atoms with Crippen LogP contribution in [0, 0.1) is 0 Å². The van der Waals surface area contributed by atoms with Crippen LogP contribution in [0.3, 0.4) is 0 Å². The molecule has 0 fully saturated rings. The van der Waals surface area contributed by atoms with Gasteiger partial charge in [-0.25, -0.2) is 9.80 Å². The zero-order valence-corrected chi connectivity index (χ0v) is 16.4. The van der Waals surface area contributed by atoms with Gasteiger partial charge in [0.25, 0.3) is 0 Å². The van der Waals surface area contributed by atoms with E-state index >= 15 is 0 Å². The van der Waals surface area contributed by atoms with Crippen molar-refractivity contribution < 1.29 is 14.6 Å². The number of amides is 2. The lowest BCUT2D eigenvalue weighted by Crippen LogP contribution is -2.43. The normalized spacial score (nSPS) is 16.0. The number of phenols is 1. The van der Waals surface area contributed by atoms with Crippen LogP contribution in [-0.2, 0) is 6.42 Å². The number of urea groups is 1. The topological polar surface area (TPSA) is 65.4 Å². The van der Waals surface area contributed by atoms with Crippen LogP contribution in [0.4, 0.5) is 10.5 Å². The van der Waals surface area contributed by atoms with E-state index in [-0.39, 0.29) is 17.8 Å². The summed E-state index contributed by atoms with van der Waals surface area (Å²) in [4.78, 5) is 14.5. The van der Waals surface area contributed by atoms with E-state index in [4.69, 9.17) is 4.74 Å². The van der Waals surface area contributed by atoms with Gasteiger partial charge >= 0.3 is 6.03 Å². The van der Waals surface area contributed by atoms with E-state index in [0.29, 0.717) is 12.2 Å². The number of hydrogen-bond donors (Lipinski definition) is 1. The first-order chi connectivity index (χ1) is 12.4. The van der Waals surface area contributed by atoms with Crippen LogP contribution in [0.1, 0.15) is 18.1 Å². The van der Waals surface area contributed by atoms with Crippen molar-refractivity contribution in [2.45, 2.75) is 19.4 Å². The maximum atomic E-state index is 12.9. The molecule has 0 bridgehead atoms. The number of hydrazone groups is 1. The zero-order chi connectivity index (χ0) is 18.8. The number of nitrogens with zero attached hydrogens (tertiary/aromatic N) is 3. The third kappa shape index (κ3) is 3.53. The molecule has 136 valence electrons. The Morgan fingerprint density at radius 1 is 1.35 bits per heavy atom. The molecule has 2 aromatic carbocycles. The Morgan fingerprint density at radius 3 is 2.69 bits per heavy atom. The molecule has 0 saturated heterocycles. The number of fused-ring (bicyclic) bond motifs is 1. The molecule has 2 amide bonds. The Labute approximate surface area is 160 Å². The maximum Gasteiger partial charge on any atom is 0.344 e. The van der Waals surface area contributed by atoms with Crippen molar-refractivity contribution in [1.82, 2.24) is 5.01 Å². The molecule has 1 unspecified atom stereocenters. The van der Waals surface area contributed by atoms with Crippen LogP contribution < -0.4 is 9.64 Å². The summed E-state index contributed by atoms with van der Waals surface area (Å²) < 4.78 is 6.11. The Kier molecular flexibility index (Phi) is 5.18. The van der Waals surface area contributed by atoms with Crippen molar-refractivity contribution in [1.29, 1.82) is 0 Å². The van der Waals surface area contributed by atoms with E-state index in [2.05, 4.69) is 21.0 Å². The van der Waals surface area contributed by atoms with Gasteiger partial charge in [0, 0.05) is 22.8 Å². The van der Waals surface area contributed by atoms with E-state index in [0.717, 1.165) is 21.3 Å². The second-order valence-electron chi connectivity index (χ2n) is 6.18. The van der Waals surface area contributed by atoms with E-state index < -0.39 is 0 Å². The number of carbonyl (C=O) groups is 1. The van der Waals surface area contributed by atoms with Crippen LogP contribution in [0.2, 0.25) is 0 Å². The van der Waals surface area contributed by atoms with E-state index in [9.17, 15) is 9.90 Å². The lowest BCUT2D eigenvalue weighted by Gasteiger charge is -2.28. The van der Waals surface area contributed by atoms with Gasteiger partial charge in [-0.1, -0.05) is 15.9 Å². The Bertz CT molecular complexity index is 852. The van der Waals surface area contributed by atoms with Gasteiger partial charge in [0.15, 0.2) is 11.5 Å². The third-order valence-corrected chi connectivity index (χ3v) is 4.92. The summed E-state index contributed by atoms with van der Waals surface area (Å²) in [5, 5.41) is 15.9. The second-order valence-corrected chi connectivity index (χ2v) is 7.10. The molecule has 0 saturated carbocycles. The molecule has 6 nitrogen and oxygen atoms in total. The zero-order valence-electron chi connectivity index (χ0n) is 14.8. The summed E-state index contributed by atoms with van der Waals surface area (Å²) in [6.45, 7) is 1.93. The van der Waals surface area contributed by atoms with Crippen molar-refractivity contribution in [2.75, 3.05) is 19.1 Å². The number of ether oxygens (including phenoxy) is 1. The summed E-state index contributed by atoms with van der Waals surface area (Å²) in [6.07, 6.45) is 2.21. The molecule has 0 radical (unpaired) electrons. The van der Waals surface area contributed by atoms with Crippen molar-refractivity contribution in [2.24, 2.45) is 5.10 Å². The molecule has 3 rings (SSSR count). The highest BCUT2D eigenvalue weighted by atomic mass is 79.9. The molecular weight excluding hydrogens is 398 g/mol. The molecule has 7 heteroatoms. The molecule has 1 N–H and O–H groups in total. The van der Waals surface area contributed by atoms with E-state index in [1.54, 1.807) is 30.3 Å². The summed E-state index contributed by atoms with van der Waals surface area (Å²) in [5.74, 6) is 0.466. The third-order valence-electron chi connectivity index (χ3n) is 4.39. The predicted molar refractivity (Wildman–Crippen MR) is 105 cm³/mol. The molecule has 1 aliphatic rings. The molecule has 0 aliphatic carbocycles. The van der Waals surface area contributed by atoms with Crippen molar-refractivity contribution in [3.05, 3.63) is 52.0 Å². The number of halogens is 1. The Balaban J connectivity index is 1.87. The first-order valence-electron chi connectivity index (χ1n) is 8.17. The standard InChI is InChI=1S/C19H20BrN3O3/c1-12-8-13-9-17(24)18(26-3)10-14(13)11-21-23(12)19(25)22(2)16-6-4-15(20)5-7-16/h4-7,9-12,24H,8H2,1-3H3. The predicted octanol–water partition coefficient (Wildman–Crippen LogP) is 4.00. The highest BCUT2D eigenvalue weighted by molar-refractivity contribution is 9.10. The molecule has 26 heavy (non-hydrogen) atoms. The van der Waals surface area contributed by atoms with Crippen molar-refractivity contribution >= 4 is 33.9 Å². The van der Waals surface area contributed by atoms with Crippen molar-refractivity contribution in [3.8, 4) is 11.5 Å². The van der Waals surface area contributed by atoms with Crippen LogP contribution in [0.25, 0.3) is 0 Å². The smallest absolute Gasteiger partial charge is 0.344 e. The molecule has 1 atom stereocenters. The summed E-state index contributed by atoms with van der Waals surface area (Å²) in [6, 6.07) is 10.5. The fourth-order valence-electron chi connectivity index (χ4n) is 2.90. The van der Waals surface area contributed by atoms with Gasteiger partial charge in [0.2, 0.25) is 0 Å². The van der Waals surface area contributed by atoms with E-state index in [1.165, 1.54) is 12.1 Å². The number of benzene rings is 2. The highest BCUT2D eigenvalue weighted by Crippen LogP contribution is 2.31. The first-order valence-corrected chi connectivity index (χ1v) is 8.96. The molecule has 2 aromatic rings. The Morgan fingerprint density at radius 2 is 2.04 bits per heavy atom. The minimum absolute atomic E-state index is 0.0820. The highest BCUT2D eigenvalue weighted by Gasteiger charge is 2.27. The first kappa shape index (κ1) is 18.3. The molecule has 1 heterocycles. The van der Waals surface area contributed by atoms with E-state index in [1.807, 2.05) is 31.2 Å². The SMILES string of the molecule is COc1cc2c(cc1O)CC(C)N(C(=O)N(C)c1ccc(Br)cc1)N=C2. The minimum Gasteiger partial charge on any atom is -0.504 e. The number of rotatable bonds is 2. The number of anilines is 1. The Hall–Kier alpha value is -2.54. The van der Waals surface area contributed by atoms with Gasteiger partial charge in [0.1, 0.15) is 0 Å². The molecule has 0 spiro atoms. The summed E-state index contributed by atoms with van der Waals surface area (Å²) in [7, 11) is 3.22. The summed E-state index contributed by atoms with van der Waals surface area (Å²) >= 11 is 3.39. The fraction of sp³-hybridized carbons (Fsp3) is 0.263. The van der Waals surface area contributed by atoms with Gasteiger partial charge < -0.3 is 9.84 Å². The molecule has 0 aromatic heterocycles. The molecular formula is C19H20BrN3O3. The number of aromatic hydroxyl groups is 1. The fourth-order valence-corrected chi connectivity index (χ4v) is 3.16. The lowest BCUT2D eigenvalue weighted by molar-refractivity contribution is 0.190.